The smallest absolute Gasteiger partial charge is 0.161 e. The van der Waals surface area contributed by atoms with Crippen molar-refractivity contribution in [2.24, 2.45) is 0 Å². The van der Waals surface area contributed by atoms with Gasteiger partial charge in [-0.25, -0.2) is 9.97 Å². The zero-order chi connectivity index (χ0) is 12.3. The van der Waals surface area contributed by atoms with Crippen molar-refractivity contribution in [1.82, 2.24) is 9.97 Å². The average Bonchev–Trinajstić information content (AvgIpc) is 2.33. The van der Waals surface area contributed by atoms with E-state index < -0.39 is 0 Å². The van der Waals surface area contributed by atoms with Crippen molar-refractivity contribution in [3.05, 3.63) is 47.2 Å². The van der Waals surface area contributed by atoms with Crippen LogP contribution in [0, 0.1) is 0 Å². The average molecular weight is 265 g/mol. The molecule has 3 nitrogen and oxygen atoms in total. The van der Waals surface area contributed by atoms with Crippen molar-refractivity contribution in [1.29, 1.82) is 0 Å². The summed E-state index contributed by atoms with van der Waals surface area (Å²) in [6, 6.07) is 7.17. The van der Waals surface area contributed by atoms with Crippen LogP contribution in [0.3, 0.4) is 0 Å². The fourth-order valence-electron chi connectivity index (χ4n) is 1.18. The van der Waals surface area contributed by atoms with E-state index in [9.17, 15) is 4.79 Å². The van der Waals surface area contributed by atoms with Crippen molar-refractivity contribution in [3.8, 4) is 0 Å². The van der Waals surface area contributed by atoms with Gasteiger partial charge in [-0.15, -0.1) is 0 Å². The molecule has 2 aromatic heterocycles. The lowest BCUT2D eigenvalue weighted by molar-refractivity contribution is 0.101. The zero-order valence-electron chi connectivity index (χ0n) is 9.05. The SMILES string of the molecule is CC(=O)c1ccc(Sc2ccc(Cl)cn2)nc1. The van der Waals surface area contributed by atoms with Crippen LogP contribution in [0.5, 0.6) is 0 Å². The number of aromatic nitrogens is 2. The summed E-state index contributed by atoms with van der Waals surface area (Å²) < 4.78 is 0. The van der Waals surface area contributed by atoms with Gasteiger partial charge in [-0.2, -0.15) is 0 Å². The molecule has 0 spiro atoms. The molecule has 0 radical (unpaired) electrons. The maximum absolute atomic E-state index is 11.1. The van der Waals surface area contributed by atoms with E-state index in [0.29, 0.717) is 10.6 Å². The minimum Gasteiger partial charge on any atom is -0.294 e. The van der Waals surface area contributed by atoms with Crippen molar-refractivity contribution >= 4 is 29.1 Å². The minimum atomic E-state index is 0.0127. The van der Waals surface area contributed by atoms with Gasteiger partial charge in [-0.3, -0.25) is 4.79 Å². The summed E-state index contributed by atoms with van der Waals surface area (Å²) in [4.78, 5) is 19.4. The van der Waals surface area contributed by atoms with E-state index in [2.05, 4.69) is 9.97 Å². The molecule has 2 aromatic rings. The van der Waals surface area contributed by atoms with Crippen molar-refractivity contribution in [3.63, 3.8) is 0 Å². The van der Waals surface area contributed by atoms with Crippen LogP contribution in [0.4, 0.5) is 0 Å². The van der Waals surface area contributed by atoms with Gasteiger partial charge in [-0.1, -0.05) is 23.4 Å². The number of carbonyl (C=O) groups is 1. The molecule has 0 bridgehead atoms. The molecule has 5 heteroatoms. The van der Waals surface area contributed by atoms with Crippen LogP contribution in [0.2, 0.25) is 5.02 Å². The van der Waals surface area contributed by atoms with Crippen LogP contribution in [-0.4, -0.2) is 15.8 Å². The monoisotopic (exact) mass is 264 g/mol. The Morgan fingerprint density at radius 3 is 2.24 bits per heavy atom. The highest BCUT2D eigenvalue weighted by atomic mass is 35.5. The molecule has 0 saturated heterocycles. The van der Waals surface area contributed by atoms with E-state index in [1.807, 2.05) is 6.07 Å². The predicted octanol–water partition coefficient (Wildman–Crippen LogP) is 3.48. The molecule has 0 saturated carbocycles. The molecule has 17 heavy (non-hydrogen) atoms. The number of carbonyl (C=O) groups excluding carboxylic acids is 1. The van der Waals surface area contributed by atoms with E-state index >= 15 is 0 Å². The van der Waals surface area contributed by atoms with E-state index in [0.717, 1.165) is 10.1 Å². The van der Waals surface area contributed by atoms with Gasteiger partial charge in [0.1, 0.15) is 10.1 Å². The van der Waals surface area contributed by atoms with Gasteiger partial charge in [0.2, 0.25) is 0 Å². The van der Waals surface area contributed by atoms with Gasteiger partial charge in [0.25, 0.3) is 0 Å². The van der Waals surface area contributed by atoms with Crippen molar-refractivity contribution < 1.29 is 4.79 Å². The molecule has 0 aromatic carbocycles. The standard InChI is InChI=1S/C12H9ClN2OS/c1-8(16)9-2-4-11(14-6-9)17-12-5-3-10(13)7-15-12/h2-7H,1H3. The zero-order valence-corrected chi connectivity index (χ0v) is 10.6. The normalized spacial score (nSPS) is 10.2. The first-order chi connectivity index (χ1) is 8.15. The summed E-state index contributed by atoms with van der Waals surface area (Å²) in [6.07, 6.45) is 3.16. The number of ketones is 1. The highest BCUT2D eigenvalue weighted by Gasteiger charge is 2.02. The summed E-state index contributed by atoms with van der Waals surface area (Å²) in [6.45, 7) is 1.52. The van der Waals surface area contributed by atoms with Gasteiger partial charge < -0.3 is 0 Å². The third kappa shape index (κ3) is 3.28. The molecule has 0 N–H and O–H groups in total. The maximum Gasteiger partial charge on any atom is 0.161 e. The number of hydrogen-bond donors (Lipinski definition) is 0. The van der Waals surface area contributed by atoms with E-state index in [4.69, 9.17) is 11.6 Å². The molecule has 0 fully saturated rings. The van der Waals surface area contributed by atoms with E-state index in [-0.39, 0.29) is 5.78 Å². The molecule has 86 valence electrons. The third-order valence-electron chi connectivity index (χ3n) is 2.05. The topological polar surface area (TPSA) is 42.9 Å². The number of hydrogen-bond acceptors (Lipinski definition) is 4. The second-order valence-corrected chi connectivity index (χ2v) is 4.84. The minimum absolute atomic E-state index is 0.0127. The van der Waals surface area contributed by atoms with Gasteiger partial charge in [-0.05, 0) is 31.2 Å². The number of Topliss-reactive ketones (excluding diaryl/α,β-unsaturated/α-hetero) is 1. The van der Waals surface area contributed by atoms with Crippen LogP contribution >= 0.6 is 23.4 Å². The first kappa shape index (κ1) is 12.1. The quantitative estimate of drug-likeness (QED) is 0.796. The molecule has 0 amide bonds. The molecule has 0 aliphatic rings. The summed E-state index contributed by atoms with van der Waals surface area (Å²) in [5.41, 5.74) is 0.610. The van der Waals surface area contributed by atoms with Crippen molar-refractivity contribution in [2.45, 2.75) is 17.0 Å². The number of nitrogens with zero attached hydrogens (tertiary/aromatic N) is 2. The Morgan fingerprint density at radius 2 is 1.76 bits per heavy atom. The van der Waals surface area contributed by atoms with Crippen LogP contribution in [-0.2, 0) is 0 Å². The van der Waals surface area contributed by atoms with E-state index in [1.54, 1.807) is 30.6 Å². The van der Waals surface area contributed by atoms with Crippen LogP contribution in [0.25, 0.3) is 0 Å². The summed E-state index contributed by atoms with van der Waals surface area (Å²) in [5.74, 6) is 0.0127. The Bertz CT molecular complexity index is 525. The first-order valence-corrected chi connectivity index (χ1v) is 6.11. The highest BCUT2D eigenvalue weighted by Crippen LogP contribution is 2.24. The molecule has 0 unspecified atom stereocenters. The summed E-state index contributed by atoms with van der Waals surface area (Å²) >= 11 is 7.17. The van der Waals surface area contributed by atoms with Gasteiger partial charge in [0.15, 0.2) is 5.78 Å². The molecular formula is C12H9ClN2OS. The number of pyridine rings is 2. The van der Waals surface area contributed by atoms with Crippen molar-refractivity contribution in [2.75, 3.05) is 0 Å². The number of halogens is 1. The highest BCUT2D eigenvalue weighted by molar-refractivity contribution is 7.99. The lowest BCUT2D eigenvalue weighted by atomic mass is 10.2. The lowest BCUT2D eigenvalue weighted by Gasteiger charge is -2.00. The van der Waals surface area contributed by atoms with E-state index in [1.165, 1.54) is 18.7 Å². The second kappa shape index (κ2) is 5.29. The van der Waals surface area contributed by atoms with Gasteiger partial charge in [0.05, 0.1) is 5.02 Å². The number of rotatable bonds is 3. The van der Waals surface area contributed by atoms with Crippen LogP contribution in [0.15, 0.2) is 46.7 Å². The second-order valence-electron chi connectivity index (χ2n) is 3.36. The fourth-order valence-corrected chi connectivity index (χ4v) is 1.99. The molecule has 2 heterocycles. The predicted molar refractivity (Wildman–Crippen MR) is 67.6 cm³/mol. The molecule has 0 aliphatic heterocycles. The van der Waals surface area contributed by atoms with Gasteiger partial charge >= 0.3 is 0 Å². The largest absolute Gasteiger partial charge is 0.294 e. The maximum atomic E-state index is 11.1. The molecular weight excluding hydrogens is 256 g/mol. The Hall–Kier alpha value is -1.39. The summed E-state index contributed by atoms with van der Waals surface area (Å²) in [7, 11) is 0. The Morgan fingerprint density at radius 1 is 1.12 bits per heavy atom. The Labute approximate surface area is 108 Å². The molecule has 0 atom stereocenters. The fraction of sp³-hybridized carbons (Fsp3) is 0.0833. The molecule has 0 aliphatic carbocycles. The third-order valence-corrected chi connectivity index (χ3v) is 3.18. The van der Waals surface area contributed by atoms with Crippen LogP contribution < -0.4 is 0 Å². The summed E-state index contributed by atoms with van der Waals surface area (Å²) in [5, 5.41) is 2.22. The molecule has 2 rings (SSSR count). The Kier molecular flexibility index (Phi) is 3.76. The van der Waals surface area contributed by atoms with Gasteiger partial charge in [0, 0.05) is 18.0 Å². The Balaban J connectivity index is 2.13. The first-order valence-electron chi connectivity index (χ1n) is 4.91. The van der Waals surface area contributed by atoms with Crippen LogP contribution in [0.1, 0.15) is 17.3 Å². The lowest BCUT2D eigenvalue weighted by Crippen LogP contribution is -1.93.